The number of nitrogens with one attached hydrogen (secondary N) is 1. The van der Waals surface area contributed by atoms with Crippen molar-refractivity contribution < 1.29 is 0 Å². The van der Waals surface area contributed by atoms with Crippen LogP contribution in [0.15, 0.2) is 36.9 Å². The van der Waals surface area contributed by atoms with Gasteiger partial charge in [-0.05, 0) is 12.1 Å². The van der Waals surface area contributed by atoms with E-state index in [4.69, 9.17) is 5.26 Å². The van der Waals surface area contributed by atoms with E-state index in [0.29, 0.717) is 5.56 Å². The maximum absolute atomic E-state index is 9.08. The standard InChI is InChI=1S/C11H7N5/c12-4-8-7-15-16-3-1-2-10(16)11(8)9-5-13-14-6-9/h1-3,5-7H,(H,13,14). The van der Waals surface area contributed by atoms with E-state index in [1.54, 1.807) is 23.1 Å². The first-order valence-electron chi connectivity index (χ1n) is 4.76. The van der Waals surface area contributed by atoms with Crippen molar-refractivity contribution in [3.63, 3.8) is 0 Å². The molecule has 0 aliphatic carbocycles. The van der Waals surface area contributed by atoms with Gasteiger partial charge in [0, 0.05) is 23.5 Å². The Morgan fingerprint density at radius 2 is 2.31 bits per heavy atom. The van der Waals surface area contributed by atoms with E-state index in [1.807, 2.05) is 18.3 Å². The van der Waals surface area contributed by atoms with Crippen LogP contribution in [-0.4, -0.2) is 19.8 Å². The molecule has 0 saturated carbocycles. The summed E-state index contributed by atoms with van der Waals surface area (Å²) in [7, 11) is 0. The fraction of sp³-hybridized carbons (Fsp3) is 0. The van der Waals surface area contributed by atoms with Gasteiger partial charge in [0.25, 0.3) is 0 Å². The minimum absolute atomic E-state index is 0.549. The van der Waals surface area contributed by atoms with Crippen molar-refractivity contribution in [3.05, 3.63) is 42.5 Å². The molecule has 0 fully saturated rings. The van der Waals surface area contributed by atoms with E-state index in [1.165, 1.54) is 0 Å². The Morgan fingerprint density at radius 3 is 3.06 bits per heavy atom. The fourth-order valence-electron chi connectivity index (χ4n) is 1.77. The highest BCUT2D eigenvalue weighted by Gasteiger charge is 2.11. The molecule has 0 amide bonds. The van der Waals surface area contributed by atoms with Crippen molar-refractivity contribution >= 4 is 5.52 Å². The SMILES string of the molecule is N#Cc1cnn2cccc2c1-c1cn[nH]c1. The number of nitriles is 1. The molecule has 1 N–H and O–H groups in total. The third-order valence-corrected chi connectivity index (χ3v) is 2.47. The summed E-state index contributed by atoms with van der Waals surface area (Å²) in [5, 5.41) is 19.9. The number of hydrogen-bond acceptors (Lipinski definition) is 3. The lowest BCUT2D eigenvalue weighted by Crippen LogP contribution is -1.94. The summed E-state index contributed by atoms with van der Waals surface area (Å²) < 4.78 is 1.74. The highest BCUT2D eigenvalue weighted by Crippen LogP contribution is 2.26. The third kappa shape index (κ3) is 1.10. The Bertz CT molecular complexity index is 672. The Hall–Kier alpha value is -2.61. The van der Waals surface area contributed by atoms with Crippen molar-refractivity contribution in [2.24, 2.45) is 0 Å². The first kappa shape index (κ1) is 8.68. The largest absolute Gasteiger partial charge is 0.285 e. The molecule has 5 heteroatoms. The molecule has 0 aromatic carbocycles. The molecule has 3 aromatic rings. The monoisotopic (exact) mass is 209 g/mol. The molecular weight excluding hydrogens is 202 g/mol. The second-order valence-electron chi connectivity index (χ2n) is 3.37. The van der Waals surface area contributed by atoms with Crippen molar-refractivity contribution in [3.8, 4) is 17.2 Å². The number of rotatable bonds is 1. The second-order valence-corrected chi connectivity index (χ2v) is 3.37. The van der Waals surface area contributed by atoms with E-state index in [0.717, 1.165) is 16.6 Å². The number of aromatic amines is 1. The first-order valence-corrected chi connectivity index (χ1v) is 4.76. The number of fused-ring (bicyclic) bond motifs is 1. The molecular formula is C11H7N5. The van der Waals surface area contributed by atoms with E-state index < -0.39 is 0 Å². The van der Waals surface area contributed by atoms with Crippen LogP contribution in [-0.2, 0) is 0 Å². The van der Waals surface area contributed by atoms with Gasteiger partial charge in [0.2, 0.25) is 0 Å². The van der Waals surface area contributed by atoms with Crippen LogP contribution in [0.2, 0.25) is 0 Å². The Balaban J connectivity index is 2.44. The molecule has 3 aromatic heterocycles. The van der Waals surface area contributed by atoms with Crippen LogP contribution in [0.1, 0.15) is 5.56 Å². The summed E-state index contributed by atoms with van der Waals surface area (Å²) in [5.41, 5.74) is 3.20. The third-order valence-electron chi connectivity index (χ3n) is 2.47. The summed E-state index contributed by atoms with van der Waals surface area (Å²) in [6, 6.07) is 5.97. The maximum Gasteiger partial charge on any atom is 0.102 e. The molecule has 76 valence electrons. The number of nitrogens with zero attached hydrogens (tertiary/aromatic N) is 4. The van der Waals surface area contributed by atoms with Gasteiger partial charge in [-0.1, -0.05) is 0 Å². The van der Waals surface area contributed by atoms with Gasteiger partial charge in [-0.2, -0.15) is 15.5 Å². The summed E-state index contributed by atoms with van der Waals surface area (Å²) >= 11 is 0. The van der Waals surface area contributed by atoms with Crippen LogP contribution < -0.4 is 0 Å². The van der Waals surface area contributed by atoms with Crippen LogP contribution >= 0.6 is 0 Å². The Labute approximate surface area is 90.9 Å². The van der Waals surface area contributed by atoms with Crippen LogP contribution in [0, 0.1) is 11.3 Å². The zero-order valence-corrected chi connectivity index (χ0v) is 8.25. The van der Waals surface area contributed by atoms with Crippen LogP contribution in [0.5, 0.6) is 0 Å². The highest BCUT2D eigenvalue weighted by atomic mass is 15.2. The van der Waals surface area contributed by atoms with Crippen molar-refractivity contribution in [1.82, 2.24) is 19.8 Å². The van der Waals surface area contributed by atoms with E-state index >= 15 is 0 Å². The second kappa shape index (κ2) is 3.21. The van der Waals surface area contributed by atoms with Crippen molar-refractivity contribution in [2.75, 3.05) is 0 Å². The molecule has 3 rings (SSSR count). The minimum atomic E-state index is 0.549. The summed E-state index contributed by atoms with van der Waals surface area (Å²) in [5.74, 6) is 0. The molecule has 3 heterocycles. The summed E-state index contributed by atoms with van der Waals surface area (Å²) in [6.07, 6.45) is 6.88. The number of hydrogen-bond donors (Lipinski definition) is 1. The van der Waals surface area contributed by atoms with Gasteiger partial charge in [-0.25, -0.2) is 4.52 Å². The lowest BCUT2D eigenvalue weighted by atomic mass is 10.1. The van der Waals surface area contributed by atoms with Crippen LogP contribution in [0.3, 0.4) is 0 Å². The fourth-order valence-corrected chi connectivity index (χ4v) is 1.77. The summed E-state index contributed by atoms with van der Waals surface area (Å²) in [4.78, 5) is 0. The van der Waals surface area contributed by atoms with E-state index in [9.17, 15) is 0 Å². The average Bonchev–Trinajstić information content (AvgIpc) is 2.98. The molecule has 0 unspecified atom stereocenters. The van der Waals surface area contributed by atoms with Crippen molar-refractivity contribution in [2.45, 2.75) is 0 Å². The summed E-state index contributed by atoms with van der Waals surface area (Å²) in [6.45, 7) is 0. The smallest absolute Gasteiger partial charge is 0.102 e. The molecule has 0 bridgehead atoms. The van der Waals surface area contributed by atoms with Gasteiger partial charge in [0.15, 0.2) is 0 Å². The van der Waals surface area contributed by atoms with Crippen LogP contribution in [0.25, 0.3) is 16.6 Å². The predicted molar refractivity (Wildman–Crippen MR) is 57.5 cm³/mol. The molecule has 0 atom stereocenters. The van der Waals surface area contributed by atoms with Gasteiger partial charge in [-0.15, -0.1) is 0 Å². The van der Waals surface area contributed by atoms with Gasteiger partial charge in [-0.3, -0.25) is 5.10 Å². The van der Waals surface area contributed by atoms with Crippen LogP contribution in [0.4, 0.5) is 0 Å². The normalized spacial score (nSPS) is 10.4. The quantitative estimate of drug-likeness (QED) is 0.661. The maximum atomic E-state index is 9.08. The number of H-pyrrole nitrogens is 1. The van der Waals surface area contributed by atoms with Gasteiger partial charge in [0.1, 0.15) is 6.07 Å². The zero-order chi connectivity index (χ0) is 11.0. The van der Waals surface area contributed by atoms with E-state index in [-0.39, 0.29) is 0 Å². The number of aromatic nitrogens is 4. The topological polar surface area (TPSA) is 69.8 Å². The Morgan fingerprint density at radius 1 is 1.38 bits per heavy atom. The molecule has 0 spiro atoms. The average molecular weight is 209 g/mol. The molecule has 0 saturated heterocycles. The highest BCUT2D eigenvalue weighted by molar-refractivity contribution is 5.83. The van der Waals surface area contributed by atoms with E-state index in [2.05, 4.69) is 21.4 Å². The molecule has 16 heavy (non-hydrogen) atoms. The van der Waals surface area contributed by atoms with Crippen molar-refractivity contribution in [1.29, 1.82) is 5.26 Å². The lowest BCUT2D eigenvalue weighted by molar-refractivity contribution is 0.939. The minimum Gasteiger partial charge on any atom is -0.285 e. The zero-order valence-electron chi connectivity index (χ0n) is 8.25. The molecule has 0 aliphatic rings. The molecule has 5 nitrogen and oxygen atoms in total. The van der Waals surface area contributed by atoms with Gasteiger partial charge >= 0.3 is 0 Å². The van der Waals surface area contributed by atoms with Gasteiger partial charge < -0.3 is 0 Å². The first-order chi connectivity index (χ1) is 7.90. The molecule has 0 aliphatic heterocycles. The Kier molecular flexibility index (Phi) is 1.74. The molecule has 0 radical (unpaired) electrons. The lowest BCUT2D eigenvalue weighted by Gasteiger charge is -2.03. The predicted octanol–water partition coefficient (Wildman–Crippen LogP) is 1.60. The van der Waals surface area contributed by atoms with Gasteiger partial charge in [0.05, 0.1) is 23.5 Å².